The Hall–Kier alpha value is -1.17. The van der Waals surface area contributed by atoms with Gasteiger partial charge in [-0.1, -0.05) is 41.5 Å². The van der Waals surface area contributed by atoms with E-state index in [0.717, 1.165) is 6.42 Å². The van der Waals surface area contributed by atoms with E-state index >= 15 is 0 Å². The average Bonchev–Trinajstić information content (AvgIpc) is 2.25. The van der Waals surface area contributed by atoms with Gasteiger partial charge in [-0.15, -0.1) is 0 Å². The Kier molecular flexibility index (Phi) is 7.13. The third kappa shape index (κ3) is 8.09. The van der Waals surface area contributed by atoms with E-state index in [2.05, 4.69) is 16.0 Å². The third-order valence-electron chi connectivity index (χ3n) is 2.51. The van der Waals surface area contributed by atoms with Crippen molar-refractivity contribution in [2.45, 2.75) is 48.0 Å². The van der Waals surface area contributed by atoms with Crippen LogP contribution in [0.15, 0.2) is 0 Å². The molecule has 0 aromatic carbocycles. The van der Waals surface area contributed by atoms with Crippen molar-refractivity contribution in [1.82, 2.24) is 16.0 Å². The van der Waals surface area contributed by atoms with Crippen molar-refractivity contribution in [2.24, 2.45) is 10.8 Å². The maximum Gasteiger partial charge on any atom is 0.231 e. The molecule has 5 nitrogen and oxygen atoms in total. The van der Waals surface area contributed by atoms with E-state index in [-0.39, 0.29) is 17.2 Å². The second-order valence-electron chi connectivity index (χ2n) is 6.82. The lowest BCUT2D eigenvalue weighted by Gasteiger charge is -2.19. The van der Waals surface area contributed by atoms with Crippen LogP contribution in [0.5, 0.6) is 0 Å². The van der Waals surface area contributed by atoms with Crippen molar-refractivity contribution in [2.75, 3.05) is 13.1 Å². The molecule has 2 amide bonds. The van der Waals surface area contributed by atoms with Crippen LogP contribution in [0.1, 0.15) is 48.0 Å². The van der Waals surface area contributed by atoms with Crippen LogP contribution in [-0.4, -0.2) is 30.0 Å². The summed E-state index contributed by atoms with van der Waals surface area (Å²) in [5, 5.41) is 8.76. The van der Waals surface area contributed by atoms with E-state index in [1.165, 1.54) is 0 Å². The summed E-state index contributed by atoms with van der Waals surface area (Å²) in [6, 6.07) is 0. The Labute approximate surface area is 127 Å². The third-order valence-corrected chi connectivity index (χ3v) is 2.76. The summed E-state index contributed by atoms with van der Waals surface area (Å²) < 4.78 is 0. The molecule has 0 spiro atoms. The number of thiocarbonyl (C=S) groups is 1. The van der Waals surface area contributed by atoms with Gasteiger partial charge in [-0.3, -0.25) is 9.59 Å². The van der Waals surface area contributed by atoms with Gasteiger partial charge in [-0.25, -0.2) is 0 Å². The van der Waals surface area contributed by atoms with Gasteiger partial charge in [0.1, 0.15) is 0 Å². The highest BCUT2D eigenvalue weighted by molar-refractivity contribution is 7.80. The van der Waals surface area contributed by atoms with Crippen LogP contribution < -0.4 is 16.0 Å². The predicted octanol–water partition coefficient (Wildman–Crippen LogP) is 1.58. The molecule has 0 heterocycles. The van der Waals surface area contributed by atoms with Crippen molar-refractivity contribution >= 4 is 29.1 Å². The summed E-state index contributed by atoms with van der Waals surface area (Å²) in [5.41, 5.74) is -0.837. The van der Waals surface area contributed by atoms with Gasteiger partial charge in [-0.2, -0.15) is 0 Å². The molecule has 0 aromatic rings. The van der Waals surface area contributed by atoms with Gasteiger partial charge in [0, 0.05) is 23.9 Å². The quantitative estimate of drug-likeness (QED) is 0.544. The SMILES string of the molecule is CC(C)(C)C(=O)NCCCNC(=S)NC(=O)C(C)(C)C. The number of amides is 2. The minimum Gasteiger partial charge on any atom is -0.362 e. The van der Waals surface area contributed by atoms with Gasteiger partial charge >= 0.3 is 0 Å². The van der Waals surface area contributed by atoms with E-state index in [1.807, 2.05) is 41.5 Å². The Morgan fingerprint density at radius 1 is 0.850 bits per heavy atom. The maximum atomic E-state index is 11.7. The fourth-order valence-electron chi connectivity index (χ4n) is 1.09. The highest BCUT2D eigenvalue weighted by atomic mass is 32.1. The first kappa shape index (κ1) is 18.8. The van der Waals surface area contributed by atoms with Gasteiger partial charge < -0.3 is 16.0 Å². The number of nitrogens with one attached hydrogen (secondary N) is 3. The lowest BCUT2D eigenvalue weighted by Crippen LogP contribution is -2.45. The summed E-state index contributed by atoms with van der Waals surface area (Å²) in [5.74, 6) is -0.0860. The van der Waals surface area contributed by atoms with Crippen molar-refractivity contribution in [3.63, 3.8) is 0 Å². The van der Waals surface area contributed by atoms with Crippen LogP contribution in [-0.2, 0) is 9.59 Å². The second kappa shape index (κ2) is 7.57. The van der Waals surface area contributed by atoms with Crippen LogP contribution >= 0.6 is 12.2 Å². The molecule has 20 heavy (non-hydrogen) atoms. The van der Waals surface area contributed by atoms with Crippen LogP contribution in [0.25, 0.3) is 0 Å². The first-order chi connectivity index (χ1) is 8.94. The van der Waals surface area contributed by atoms with Crippen molar-refractivity contribution in [1.29, 1.82) is 0 Å². The zero-order valence-electron chi connectivity index (χ0n) is 13.3. The topological polar surface area (TPSA) is 70.2 Å². The molecule has 0 unspecified atom stereocenters. The van der Waals surface area contributed by atoms with Gasteiger partial charge in [0.05, 0.1) is 0 Å². The lowest BCUT2D eigenvalue weighted by molar-refractivity contribution is -0.128. The maximum absolute atomic E-state index is 11.7. The molecule has 3 N–H and O–H groups in total. The average molecular weight is 301 g/mol. The molecular weight excluding hydrogens is 274 g/mol. The standard InChI is InChI=1S/C14H27N3O2S/c1-13(2,3)10(18)15-8-7-9-16-12(20)17-11(19)14(4,5)6/h7-9H2,1-6H3,(H,15,18)(H2,16,17,19,20). The Bertz CT molecular complexity index is 368. The van der Waals surface area contributed by atoms with E-state index in [4.69, 9.17) is 12.2 Å². The van der Waals surface area contributed by atoms with Gasteiger partial charge in [-0.05, 0) is 18.6 Å². The fourth-order valence-corrected chi connectivity index (χ4v) is 1.29. The van der Waals surface area contributed by atoms with Crippen LogP contribution in [0, 0.1) is 10.8 Å². The van der Waals surface area contributed by atoms with Gasteiger partial charge in [0.15, 0.2) is 5.11 Å². The number of hydrogen-bond donors (Lipinski definition) is 3. The summed E-state index contributed by atoms with van der Waals surface area (Å²) in [6.45, 7) is 12.3. The van der Waals surface area contributed by atoms with E-state index < -0.39 is 5.41 Å². The van der Waals surface area contributed by atoms with Crippen molar-refractivity contribution < 1.29 is 9.59 Å². The molecule has 0 bridgehead atoms. The highest BCUT2D eigenvalue weighted by Gasteiger charge is 2.22. The summed E-state index contributed by atoms with van der Waals surface area (Å²) in [4.78, 5) is 23.3. The molecule has 0 fully saturated rings. The Balaban J connectivity index is 3.79. The first-order valence-corrected chi connectivity index (χ1v) is 7.23. The lowest BCUT2D eigenvalue weighted by atomic mass is 9.96. The minimum absolute atomic E-state index is 0.0288. The monoisotopic (exact) mass is 301 g/mol. The Morgan fingerprint density at radius 2 is 1.30 bits per heavy atom. The van der Waals surface area contributed by atoms with Crippen LogP contribution in [0.2, 0.25) is 0 Å². The predicted molar refractivity (Wildman–Crippen MR) is 85.3 cm³/mol. The smallest absolute Gasteiger partial charge is 0.231 e. The summed E-state index contributed by atoms with van der Waals surface area (Å²) in [6.07, 6.45) is 0.743. The van der Waals surface area contributed by atoms with E-state index in [9.17, 15) is 9.59 Å². The minimum atomic E-state index is -0.466. The highest BCUT2D eigenvalue weighted by Crippen LogP contribution is 2.12. The molecule has 0 saturated carbocycles. The molecular formula is C14H27N3O2S. The molecule has 0 atom stereocenters. The molecule has 0 rings (SSSR count). The van der Waals surface area contributed by atoms with Crippen LogP contribution in [0.4, 0.5) is 0 Å². The Morgan fingerprint density at radius 3 is 1.75 bits per heavy atom. The zero-order chi connectivity index (χ0) is 16.0. The molecule has 0 saturated heterocycles. The molecule has 0 aliphatic rings. The fraction of sp³-hybridized carbons (Fsp3) is 0.786. The molecule has 0 radical (unpaired) electrons. The number of hydrogen-bond acceptors (Lipinski definition) is 3. The number of rotatable bonds is 4. The molecule has 6 heteroatoms. The summed E-state index contributed by atoms with van der Waals surface area (Å²) in [7, 11) is 0. The summed E-state index contributed by atoms with van der Waals surface area (Å²) >= 11 is 5.03. The largest absolute Gasteiger partial charge is 0.362 e. The number of carbonyl (C=O) groups is 2. The first-order valence-electron chi connectivity index (χ1n) is 6.82. The molecule has 0 aliphatic carbocycles. The van der Waals surface area contributed by atoms with E-state index in [0.29, 0.717) is 18.2 Å². The second-order valence-corrected chi connectivity index (χ2v) is 7.23. The number of carbonyl (C=O) groups excluding carboxylic acids is 2. The normalized spacial score (nSPS) is 11.7. The molecule has 116 valence electrons. The molecule has 0 aromatic heterocycles. The van der Waals surface area contributed by atoms with Crippen LogP contribution in [0.3, 0.4) is 0 Å². The van der Waals surface area contributed by atoms with Gasteiger partial charge in [0.2, 0.25) is 11.8 Å². The van der Waals surface area contributed by atoms with Crippen molar-refractivity contribution in [3.05, 3.63) is 0 Å². The van der Waals surface area contributed by atoms with Gasteiger partial charge in [0.25, 0.3) is 0 Å². The van der Waals surface area contributed by atoms with Crippen molar-refractivity contribution in [3.8, 4) is 0 Å². The zero-order valence-corrected chi connectivity index (χ0v) is 14.2. The molecule has 0 aliphatic heterocycles. The van der Waals surface area contributed by atoms with E-state index in [1.54, 1.807) is 0 Å².